The van der Waals surface area contributed by atoms with Crippen LogP contribution in [0.5, 0.6) is 0 Å². The summed E-state index contributed by atoms with van der Waals surface area (Å²) >= 11 is 0. The summed E-state index contributed by atoms with van der Waals surface area (Å²) < 4.78 is 12.1. The van der Waals surface area contributed by atoms with Gasteiger partial charge in [0, 0.05) is 11.6 Å². The first-order valence-corrected chi connectivity index (χ1v) is 7.21. The van der Waals surface area contributed by atoms with Crippen LogP contribution in [0.2, 0.25) is 0 Å². The van der Waals surface area contributed by atoms with Crippen molar-refractivity contribution in [1.82, 2.24) is 4.98 Å². The highest BCUT2D eigenvalue weighted by molar-refractivity contribution is 6.61. The standard InChI is InChI=1S/C15H22BNO2/c1-14(2)15(3,4)19-16(18-14)13-10-6-9-12(17-13)11-7-5-8-11/h6,9-11H,5,7-8H2,1-4H3. The average Bonchev–Trinajstić information content (AvgIpc) is 2.46. The van der Waals surface area contributed by atoms with Crippen LogP contribution in [0.3, 0.4) is 0 Å². The minimum atomic E-state index is -0.343. The maximum Gasteiger partial charge on any atom is 0.514 e. The minimum Gasteiger partial charge on any atom is -0.398 e. The molecule has 1 aromatic heterocycles. The lowest BCUT2D eigenvalue weighted by atomic mass is 9.80. The highest BCUT2D eigenvalue weighted by atomic mass is 16.7. The second-order valence-corrected chi connectivity index (χ2v) is 6.70. The van der Waals surface area contributed by atoms with Gasteiger partial charge in [0.25, 0.3) is 0 Å². The molecule has 0 N–H and O–H groups in total. The van der Waals surface area contributed by atoms with Crippen molar-refractivity contribution in [2.45, 2.75) is 64.1 Å². The van der Waals surface area contributed by atoms with Gasteiger partial charge in [0.1, 0.15) is 0 Å². The summed E-state index contributed by atoms with van der Waals surface area (Å²) in [4.78, 5) is 4.76. The van der Waals surface area contributed by atoms with E-state index in [0.717, 1.165) is 5.59 Å². The van der Waals surface area contributed by atoms with Gasteiger partial charge in [-0.15, -0.1) is 0 Å². The van der Waals surface area contributed by atoms with E-state index in [9.17, 15) is 0 Å². The van der Waals surface area contributed by atoms with Crippen molar-refractivity contribution in [3.63, 3.8) is 0 Å². The molecule has 3 rings (SSSR count). The lowest BCUT2D eigenvalue weighted by molar-refractivity contribution is 0.00578. The van der Waals surface area contributed by atoms with Crippen LogP contribution in [-0.4, -0.2) is 23.3 Å². The Bertz CT molecular complexity index is 467. The van der Waals surface area contributed by atoms with Crippen LogP contribution in [0.4, 0.5) is 0 Å². The Morgan fingerprint density at radius 2 is 1.74 bits per heavy atom. The molecule has 0 radical (unpaired) electrons. The number of rotatable bonds is 2. The van der Waals surface area contributed by atoms with Gasteiger partial charge in [0.2, 0.25) is 0 Å². The normalized spacial score (nSPS) is 25.4. The number of pyridine rings is 1. The molecule has 1 saturated heterocycles. The molecule has 19 heavy (non-hydrogen) atoms. The molecule has 4 heteroatoms. The Kier molecular flexibility index (Phi) is 2.99. The van der Waals surface area contributed by atoms with Gasteiger partial charge in [-0.25, -0.2) is 0 Å². The zero-order valence-electron chi connectivity index (χ0n) is 12.3. The smallest absolute Gasteiger partial charge is 0.398 e. The van der Waals surface area contributed by atoms with Gasteiger partial charge in [0.05, 0.1) is 16.8 Å². The first kappa shape index (κ1) is 13.1. The second kappa shape index (κ2) is 4.32. The highest BCUT2D eigenvalue weighted by Gasteiger charge is 2.52. The molecule has 2 heterocycles. The summed E-state index contributed by atoms with van der Waals surface area (Å²) in [6.45, 7) is 8.29. The van der Waals surface area contributed by atoms with Crippen molar-refractivity contribution < 1.29 is 9.31 Å². The van der Waals surface area contributed by atoms with Gasteiger partial charge < -0.3 is 9.31 Å². The van der Waals surface area contributed by atoms with Crippen LogP contribution in [0.25, 0.3) is 0 Å². The summed E-state index contributed by atoms with van der Waals surface area (Å²) in [6, 6.07) is 6.20. The largest absolute Gasteiger partial charge is 0.514 e. The maximum absolute atomic E-state index is 6.05. The fraction of sp³-hybridized carbons (Fsp3) is 0.667. The summed E-state index contributed by atoms with van der Waals surface area (Å²) in [5.41, 5.74) is 1.50. The Labute approximate surface area is 115 Å². The first-order valence-electron chi connectivity index (χ1n) is 7.21. The summed E-state index contributed by atoms with van der Waals surface area (Å²) in [6.07, 6.45) is 3.85. The van der Waals surface area contributed by atoms with Crippen molar-refractivity contribution in [3.8, 4) is 0 Å². The molecular formula is C15H22BNO2. The quantitative estimate of drug-likeness (QED) is 0.765. The topological polar surface area (TPSA) is 31.4 Å². The van der Waals surface area contributed by atoms with E-state index in [1.54, 1.807) is 0 Å². The Balaban J connectivity index is 1.83. The predicted octanol–water partition coefficient (Wildman–Crippen LogP) is 2.65. The summed E-state index contributed by atoms with van der Waals surface area (Å²) in [7, 11) is -0.343. The zero-order valence-corrected chi connectivity index (χ0v) is 12.3. The van der Waals surface area contributed by atoms with Gasteiger partial charge in [-0.2, -0.15) is 0 Å². The molecule has 0 aromatic carbocycles. The van der Waals surface area contributed by atoms with Crippen molar-refractivity contribution in [2.75, 3.05) is 0 Å². The van der Waals surface area contributed by atoms with E-state index in [4.69, 9.17) is 14.3 Å². The van der Waals surface area contributed by atoms with Gasteiger partial charge in [-0.05, 0) is 52.7 Å². The highest BCUT2D eigenvalue weighted by Crippen LogP contribution is 2.37. The van der Waals surface area contributed by atoms with Crippen LogP contribution in [-0.2, 0) is 9.31 Å². The zero-order chi connectivity index (χ0) is 13.7. The van der Waals surface area contributed by atoms with E-state index < -0.39 is 0 Å². The molecule has 0 amide bonds. The van der Waals surface area contributed by atoms with E-state index in [-0.39, 0.29) is 18.3 Å². The molecule has 0 unspecified atom stereocenters. The van der Waals surface area contributed by atoms with E-state index in [0.29, 0.717) is 5.92 Å². The summed E-state index contributed by atoms with van der Waals surface area (Å²) in [5, 5.41) is 0. The predicted molar refractivity (Wildman–Crippen MR) is 76.5 cm³/mol. The van der Waals surface area contributed by atoms with E-state index >= 15 is 0 Å². The van der Waals surface area contributed by atoms with Crippen LogP contribution in [0.1, 0.15) is 58.6 Å². The molecule has 0 spiro atoms. The Morgan fingerprint density at radius 1 is 1.11 bits per heavy atom. The molecule has 1 aromatic rings. The third-order valence-electron chi connectivity index (χ3n) is 4.81. The third kappa shape index (κ3) is 2.21. The maximum atomic E-state index is 6.05. The lowest BCUT2D eigenvalue weighted by Crippen LogP contribution is -2.41. The van der Waals surface area contributed by atoms with E-state index in [1.807, 2.05) is 6.07 Å². The van der Waals surface area contributed by atoms with Crippen LogP contribution < -0.4 is 5.59 Å². The van der Waals surface area contributed by atoms with Crippen LogP contribution in [0.15, 0.2) is 18.2 Å². The van der Waals surface area contributed by atoms with Crippen LogP contribution in [0, 0.1) is 0 Å². The second-order valence-electron chi connectivity index (χ2n) is 6.70. The fourth-order valence-electron chi connectivity index (χ4n) is 2.50. The summed E-state index contributed by atoms with van der Waals surface area (Å²) in [5.74, 6) is 0.641. The first-order chi connectivity index (χ1) is 8.89. The molecule has 0 bridgehead atoms. The van der Waals surface area contributed by atoms with Crippen molar-refractivity contribution in [1.29, 1.82) is 0 Å². The molecule has 1 aliphatic carbocycles. The minimum absolute atomic E-state index is 0.300. The molecule has 102 valence electrons. The molecule has 2 fully saturated rings. The molecule has 1 saturated carbocycles. The monoisotopic (exact) mass is 259 g/mol. The third-order valence-corrected chi connectivity index (χ3v) is 4.81. The van der Waals surface area contributed by atoms with Crippen molar-refractivity contribution in [2.24, 2.45) is 0 Å². The Morgan fingerprint density at radius 3 is 2.26 bits per heavy atom. The number of hydrogen-bond acceptors (Lipinski definition) is 3. The van der Waals surface area contributed by atoms with Gasteiger partial charge >= 0.3 is 7.12 Å². The Hall–Kier alpha value is -0.865. The van der Waals surface area contributed by atoms with Crippen molar-refractivity contribution >= 4 is 12.7 Å². The molecule has 1 aliphatic heterocycles. The molecule has 2 aliphatic rings. The molecular weight excluding hydrogens is 237 g/mol. The van der Waals surface area contributed by atoms with Gasteiger partial charge in [-0.1, -0.05) is 12.5 Å². The SMILES string of the molecule is CC1(C)OB(c2cccc(C3CCC3)n2)OC1(C)C. The number of hydrogen-bond donors (Lipinski definition) is 0. The van der Waals surface area contributed by atoms with Crippen molar-refractivity contribution in [3.05, 3.63) is 23.9 Å². The molecule has 3 nitrogen and oxygen atoms in total. The molecule has 0 atom stereocenters. The van der Waals surface area contributed by atoms with Gasteiger partial charge in [-0.3, -0.25) is 4.98 Å². The van der Waals surface area contributed by atoms with Gasteiger partial charge in [0.15, 0.2) is 0 Å². The number of nitrogens with zero attached hydrogens (tertiary/aromatic N) is 1. The average molecular weight is 259 g/mol. The number of aromatic nitrogens is 1. The van der Waals surface area contributed by atoms with E-state index in [1.165, 1.54) is 25.0 Å². The van der Waals surface area contributed by atoms with E-state index in [2.05, 4.69) is 39.8 Å². The lowest BCUT2D eigenvalue weighted by Gasteiger charge is -2.32. The fourth-order valence-corrected chi connectivity index (χ4v) is 2.50. The van der Waals surface area contributed by atoms with Crippen LogP contribution >= 0.6 is 0 Å².